The first-order valence-corrected chi connectivity index (χ1v) is 1.41. The van der Waals surface area contributed by atoms with Gasteiger partial charge in [0.25, 0.3) is 0 Å². The number of hydrogen-bond acceptors (Lipinski definition) is 0. The van der Waals surface area contributed by atoms with E-state index in [0.29, 0.717) is 0 Å². The van der Waals surface area contributed by atoms with E-state index in [4.69, 9.17) is 0 Å². The molecule has 0 radical (unpaired) electrons. The maximum Gasteiger partial charge on any atom is 0.0634 e. The molecule has 0 aliphatic carbocycles. The van der Waals surface area contributed by atoms with Crippen LogP contribution in [0.15, 0.2) is 0 Å². The largest absolute Gasteiger partial charge is 1.00 e. The first-order chi connectivity index (χ1) is 2.00. The monoisotopic (exact) mass is 222 g/mol. The summed E-state index contributed by atoms with van der Waals surface area (Å²) >= 11 is 0. The maximum atomic E-state index is 3.25. The molecule has 0 saturated carbocycles. The summed E-state index contributed by atoms with van der Waals surface area (Å²) in [6, 6.07) is 0. The van der Waals surface area contributed by atoms with Crippen LogP contribution in [0.4, 0.5) is 0 Å². The first-order valence-electron chi connectivity index (χ1n) is 1.41. The first kappa shape index (κ1) is 28.7. The van der Waals surface area contributed by atoms with Crippen molar-refractivity contribution in [1.29, 1.82) is 0 Å². The van der Waals surface area contributed by atoms with Gasteiger partial charge in [0.1, 0.15) is 0 Å². The van der Waals surface area contributed by atoms with E-state index in [-0.39, 0.29) is 34.0 Å². The van der Waals surface area contributed by atoms with Crippen molar-refractivity contribution in [1.82, 2.24) is 0 Å². The molecule has 0 aromatic carbocycles. The molecule has 0 atom stereocenters. The van der Waals surface area contributed by atoms with Crippen molar-refractivity contribution >= 4 is 0 Å². The third kappa shape index (κ3) is 94.9. The van der Waals surface area contributed by atoms with Crippen LogP contribution < -0.4 is 45.4 Å². The Kier molecular flexibility index (Phi) is 864. The van der Waals surface area contributed by atoms with E-state index < -0.39 is 0 Å². The fourth-order valence-electron chi connectivity index (χ4n) is 0. The van der Waals surface area contributed by atoms with Crippen LogP contribution in [-0.2, 0) is 0 Å². The molecule has 0 aromatic heterocycles. The van der Waals surface area contributed by atoms with Gasteiger partial charge in [-0.3, -0.25) is 0 Å². The molecule has 0 fully saturated rings. The summed E-state index contributed by atoms with van der Waals surface area (Å²) in [6.45, 7) is 0. The highest BCUT2D eigenvalue weighted by atomic mass is 79.9. The van der Waals surface area contributed by atoms with E-state index in [1.807, 2.05) is 0 Å². The van der Waals surface area contributed by atoms with Gasteiger partial charge in [0.2, 0.25) is 0 Å². The normalized spacial score (nSPS) is 2.00. The van der Waals surface area contributed by atoms with Crippen LogP contribution in [0.25, 0.3) is 0 Å². The topological polar surface area (TPSA) is 55.3 Å². The molecule has 0 spiro atoms. The summed E-state index contributed by atoms with van der Waals surface area (Å²) in [7, 11) is 3.50. The molecule has 0 rings (SSSR count). The standard InChI is InChI=1S/2CH5N.2BrH/c2*1-2;;/h2*2H2,1H3;2*1H. The second kappa shape index (κ2) is 181. The van der Waals surface area contributed by atoms with Gasteiger partial charge in [-0.25, -0.2) is 0 Å². The summed E-state index contributed by atoms with van der Waals surface area (Å²) < 4.78 is 0. The van der Waals surface area contributed by atoms with Gasteiger partial charge < -0.3 is 45.4 Å². The zero-order valence-corrected chi connectivity index (χ0v) is 7.34. The summed E-state index contributed by atoms with van der Waals surface area (Å²) in [6.07, 6.45) is 0. The summed E-state index contributed by atoms with van der Waals surface area (Å²) in [5.41, 5.74) is 6.50. The van der Waals surface area contributed by atoms with Crippen molar-refractivity contribution in [3.8, 4) is 0 Å². The molecule has 4 heteroatoms. The lowest BCUT2D eigenvalue weighted by molar-refractivity contribution is -0.325. The van der Waals surface area contributed by atoms with Crippen LogP contribution >= 0.6 is 0 Å². The average Bonchev–Trinajstić information content (AvgIpc) is 1.50. The van der Waals surface area contributed by atoms with E-state index in [0.717, 1.165) is 0 Å². The van der Waals surface area contributed by atoms with Crippen molar-refractivity contribution in [3.05, 3.63) is 0 Å². The van der Waals surface area contributed by atoms with E-state index in [1.54, 1.807) is 14.1 Å². The molecule has 6 N–H and O–H groups in total. The number of halogens is 2. The summed E-state index contributed by atoms with van der Waals surface area (Å²) in [5, 5.41) is 0. The molecule has 0 aliphatic heterocycles. The van der Waals surface area contributed by atoms with E-state index >= 15 is 0 Å². The van der Waals surface area contributed by atoms with Gasteiger partial charge in [-0.2, -0.15) is 0 Å². The summed E-state index contributed by atoms with van der Waals surface area (Å²) in [5.74, 6) is 0. The minimum Gasteiger partial charge on any atom is -1.00 e. The molecule has 0 unspecified atom stereocenters. The Balaban J connectivity index is -0.00000000500. The van der Waals surface area contributed by atoms with Crippen LogP contribution in [-0.4, -0.2) is 14.1 Å². The third-order valence-corrected chi connectivity index (χ3v) is 0. The SMILES string of the molecule is C[NH3+].C[NH3+].[Br-].[Br-]. The fourth-order valence-corrected chi connectivity index (χ4v) is 0. The lowest BCUT2D eigenvalue weighted by Crippen LogP contribution is -3.00. The number of quaternary nitrogens is 2. The van der Waals surface area contributed by atoms with Gasteiger partial charge in [0, 0.05) is 0 Å². The Morgan fingerprint density at radius 2 is 0.667 bits per heavy atom. The van der Waals surface area contributed by atoms with E-state index in [9.17, 15) is 0 Å². The quantitative estimate of drug-likeness (QED) is 0.410. The average molecular weight is 224 g/mol. The highest BCUT2D eigenvalue weighted by Crippen LogP contribution is 0.253. The van der Waals surface area contributed by atoms with E-state index in [2.05, 4.69) is 11.5 Å². The predicted molar refractivity (Wildman–Crippen MR) is 17.6 cm³/mol. The molecular weight excluding hydrogens is 212 g/mol. The van der Waals surface area contributed by atoms with Crippen molar-refractivity contribution in [2.75, 3.05) is 14.1 Å². The minimum atomic E-state index is 0. The van der Waals surface area contributed by atoms with Crippen molar-refractivity contribution in [2.45, 2.75) is 0 Å². The van der Waals surface area contributed by atoms with Crippen molar-refractivity contribution in [2.24, 2.45) is 0 Å². The molecule has 0 saturated heterocycles. The lowest BCUT2D eigenvalue weighted by Gasteiger charge is -1.17. The molecule has 0 bridgehead atoms. The van der Waals surface area contributed by atoms with Crippen LogP contribution in [0.3, 0.4) is 0 Å². The van der Waals surface area contributed by atoms with Gasteiger partial charge >= 0.3 is 0 Å². The van der Waals surface area contributed by atoms with Crippen LogP contribution in [0.2, 0.25) is 0 Å². The van der Waals surface area contributed by atoms with Crippen LogP contribution in [0, 0.1) is 0 Å². The van der Waals surface area contributed by atoms with Gasteiger partial charge in [-0.1, -0.05) is 0 Å². The molecule has 44 valence electrons. The maximum absolute atomic E-state index is 3.25. The molecule has 0 aromatic rings. The highest BCUT2D eigenvalue weighted by Gasteiger charge is 0.876. The zero-order valence-electron chi connectivity index (χ0n) is 4.17. The smallest absolute Gasteiger partial charge is 0.0634 e. The number of rotatable bonds is 0. The van der Waals surface area contributed by atoms with E-state index in [1.165, 1.54) is 0 Å². The van der Waals surface area contributed by atoms with Gasteiger partial charge in [-0.05, 0) is 0 Å². The molecule has 0 aliphatic rings. The molecule has 6 heavy (non-hydrogen) atoms. The second-order valence-corrected chi connectivity index (χ2v) is 0. The van der Waals surface area contributed by atoms with Crippen molar-refractivity contribution in [3.63, 3.8) is 0 Å². The Morgan fingerprint density at radius 1 is 0.667 bits per heavy atom. The molecule has 2 nitrogen and oxygen atoms in total. The molecule has 0 amide bonds. The molecular formula is C2H12Br2N2. The van der Waals surface area contributed by atoms with Gasteiger partial charge in [0.15, 0.2) is 0 Å². The Hall–Kier alpha value is 0.880. The lowest BCUT2D eigenvalue weighted by atomic mass is 11.6. The molecule has 0 heterocycles. The number of hydrogen-bond donors (Lipinski definition) is 2. The minimum absolute atomic E-state index is 0. The Labute approximate surface area is 59.8 Å². The zero-order chi connectivity index (χ0) is 4.00. The van der Waals surface area contributed by atoms with Crippen LogP contribution in [0.1, 0.15) is 0 Å². The van der Waals surface area contributed by atoms with Gasteiger partial charge in [-0.15, -0.1) is 0 Å². The third-order valence-electron chi connectivity index (χ3n) is 0. The summed E-state index contributed by atoms with van der Waals surface area (Å²) in [4.78, 5) is 0. The fraction of sp³-hybridized carbons (Fsp3) is 1.00. The second-order valence-electron chi connectivity index (χ2n) is 0. The van der Waals surface area contributed by atoms with Gasteiger partial charge in [0.05, 0.1) is 14.1 Å². The van der Waals surface area contributed by atoms with Crippen molar-refractivity contribution < 1.29 is 45.4 Å². The Bertz CT molecular complexity index is 9.51. The van der Waals surface area contributed by atoms with Crippen LogP contribution in [0.5, 0.6) is 0 Å². The highest BCUT2D eigenvalue weighted by molar-refractivity contribution is 3.08. The Morgan fingerprint density at radius 3 is 0.667 bits per heavy atom. The predicted octanol–water partition coefficient (Wildman–Crippen LogP) is -8.28.